The molecule has 0 amide bonds. The number of nitrogens with zero attached hydrogens (tertiary/aromatic N) is 1. The molecule has 8 heteroatoms. The van der Waals surface area contributed by atoms with Crippen LogP contribution < -0.4 is 0 Å². The van der Waals surface area contributed by atoms with Crippen LogP contribution in [0.1, 0.15) is 99.9 Å². The van der Waals surface area contributed by atoms with Gasteiger partial charge in [0.15, 0.2) is 0 Å². The highest BCUT2D eigenvalue weighted by Crippen LogP contribution is 2.34. The van der Waals surface area contributed by atoms with Crippen LogP contribution in [-0.2, 0) is 19.6 Å². The molecule has 1 fully saturated rings. The molecule has 0 spiro atoms. The van der Waals surface area contributed by atoms with E-state index in [2.05, 4.69) is 0 Å². The second-order valence-electron chi connectivity index (χ2n) is 10.8. The molecule has 0 aromatic heterocycles. The summed E-state index contributed by atoms with van der Waals surface area (Å²) < 4.78 is 35.1. The quantitative estimate of drug-likeness (QED) is 0.190. The second kappa shape index (κ2) is 16.0. The lowest BCUT2D eigenvalue weighted by molar-refractivity contribution is -0.118. The van der Waals surface area contributed by atoms with Crippen LogP contribution in [0.3, 0.4) is 0 Å². The van der Waals surface area contributed by atoms with Gasteiger partial charge in [0.05, 0.1) is 23.1 Å². The molecule has 1 aliphatic rings. The van der Waals surface area contributed by atoms with E-state index in [1.807, 2.05) is 19.9 Å². The van der Waals surface area contributed by atoms with Crippen LogP contribution in [0.4, 0.5) is 0 Å². The summed E-state index contributed by atoms with van der Waals surface area (Å²) in [6.07, 6.45) is 9.47. The van der Waals surface area contributed by atoms with Crippen LogP contribution in [0.2, 0.25) is 0 Å². The van der Waals surface area contributed by atoms with E-state index in [4.69, 9.17) is 4.74 Å². The number of carbonyl (C=O) groups is 2. The number of ketones is 1. The molecule has 3 atom stereocenters. The van der Waals surface area contributed by atoms with Crippen molar-refractivity contribution in [2.75, 3.05) is 6.61 Å². The Morgan fingerprint density at radius 3 is 2.15 bits per heavy atom. The van der Waals surface area contributed by atoms with Gasteiger partial charge < -0.3 is 9.84 Å². The van der Waals surface area contributed by atoms with Crippen LogP contribution in [-0.4, -0.2) is 54.4 Å². The Balaban J connectivity index is 1.66. The molecule has 7 nitrogen and oxygen atoms in total. The largest absolute Gasteiger partial charge is 0.457 e. The second-order valence-corrected chi connectivity index (χ2v) is 12.7. The summed E-state index contributed by atoms with van der Waals surface area (Å²) >= 11 is 0. The fraction of sp³-hybridized carbons (Fsp3) is 0.562. The Hall–Kier alpha value is -2.55. The van der Waals surface area contributed by atoms with Crippen molar-refractivity contribution in [3.8, 4) is 0 Å². The van der Waals surface area contributed by atoms with E-state index in [-0.39, 0.29) is 10.9 Å². The van der Waals surface area contributed by atoms with Gasteiger partial charge >= 0.3 is 5.97 Å². The number of esters is 1. The Morgan fingerprint density at radius 1 is 0.900 bits per heavy atom. The number of unbranched alkanes of at least 4 members (excludes halogenated alkanes) is 6. The number of Topliss-reactive ketones (excluding diaryl/α,β-unsaturated/α-hetero) is 1. The Morgan fingerprint density at radius 2 is 1.52 bits per heavy atom. The molecule has 220 valence electrons. The van der Waals surface area contributed by atoms with E-state index in [0.29, 0.717) is 43.5 Å². The first-order valence-electron chi connectivity index (χ1n) is 14.8. The lowest BCUT2D eigenvalue weighted by atomic mass is 9.92. The maximum Gasteiger partial charge on any atom is 0.338 e. The monoisotopic (exact) mass is 571 g/mol. The summed E-state index contributed by atoms with van der Waals surface area (Å²) in [6, 6.07) is 14.2. The Labute approximate surface area is 240 Å². The summed E-state index contributed by atoms with van der Waals surface area (Å²) in [6.45, 7) is 3.37. The minimum absolute atomic E-state index is 0.179. The molecule has 1 heterocycles. The van der Waals surface area contributed by atoms with Crippen LogP contribution in [0, 0.1) is 6.92 Å². The number of ether oxygens (including phenoxy) is 1. The van der Waals surface area contributed by atoms with Crippen molar-refractivity contribution in [3.63, 3.8) is 0 Å². The number of sulfonamides is 1. The smallest absolute Gasteiger partial charge is 0.338 e. The number of hydrogen-bond acceptors (Lipinski definition) is 6. The number of aliphatic hydroxyl groups is 1. The van der Waals surface area contributed by atoms with Gasteiger partial charge in [-0.2, -0.15) is 4.31 Å². The van der Waals surface area contributed by atoms with Gasteiger partial charge in [-0.3, -0.25) is 4.79 Å². The van der Waals surface area contributed by atoms with Crippen molar-refractivity contribution in [1.29, 1.82) is 0 Å². The third-order valence-electron chi connectivity index (χ3n) is 7.84. The minimum atomic E-state index is -3.94. The maximum absolute atomic E-state index is 13.9. The summed E-state index contributed by atoms with van der Waals surface area (Å²) in [5.41, 5.74) is 1.35. The van der Waals surface area contributed by atoms with Crippen molar-refractivity contribution >= 4 is 21.8 Å². The van der Waals surface area contributed by atoms with E-state index >= 15 is 0 Å². The van der Waals surface area contributed by atoms with Gasteiger partial charge in [-0.1, -0.05) is 81.3 Å². The summed E-state index contributed by atoms with van der Waals surface area (Å²) in [5.74, 6) is -0.190. The summed E-state index contributed by atoms with van der Waals surface area (Å²) in [5, 5.41) is 10.4. The third kappa shape index (κ3) is 8.98. The summed E-state index contributed by atoms with van der Waals surface area (Å²) in [7, 11) is -3.94. The SMILES string of the molecule is CCC(=O)CCCCCCCCC[C@@H]1CC[C@@H](OC(=O)c2ccccc2)[C@H](CO)N1S(=O)(=O)c1ccc(C)cc1. The average molecular weight is 572 g/mol. The highest BCUT2D eigenvalue weighted by molar-refractivity contribution is 7.89. The van der Waals surface area contributed by atoms with E-state index in [1.165, 1.54) is 4.31 Å². The van der Waals surface area contributed by atoms with Gasteiger partial charge in [-0.15, -0.1) is 0 Å². The first-order valence-corrected chi connectivity index (χ1v) is 16.2. The molecule has 1 saturated heterocycles. The molecule has 0 bridgehead atoms. The van der Waals surface area contributed by atoms with E-state index in [0.717, 1.165) is 50.5 Å². The fourth-order valence-electron chi connectivity index (χ4n) is 5.47. The van der Waals surface area contributed by atoms with Crippen molar-refractivity contribution in [1.82, 2.24) is 4.31 Å². The summed E-state index contributed by atoms with van der Waals surface area (Å²) in [4.78, 5) is 24.4. The fourth-order valence-corrected chi connectivity index (χ4v) is 7.35. The zero-order valence-corrected chi connectivity index (χ0v) is 24.8. The van der Waals surface area contributed by atoms with Gasteiger partial charge in [0.1, 0.15) is 11.9 Å². The highest BCUT2D eigenvalue weighted by Gasteiger charge is 2.45. The molecule has 0 unspecified atom stereocenters. The maximum atomic E-state index is 13.9. The molecule has 1 N–H and O–H groups in total. The molecule has 40 heavy (non-hydrogen) atoms. The molecule has 0 aliphatic carbocycles. The number of carbonyl (C=O) groups excluding carboxylic acids is 2. The first-order chi connectivity index (χ1) is 19.3. The van der Waals surface area contributed by atoms with Crippen molar-refractivity contribution in [2.45, 2.75) is 114 Å². The van der Waals surface area contributed by atoms with Gasteiger partial charge in [-0.25, -0.2) is 13.2 Å². The predicted octanol–water partition coefficient (Wildman–Crippen LogP) is 6.22. The van der Waals surface area contributed by atoms with Crippen LogP contribution >= 0.6 is 0 Å². The number of benzene rings is 2. The van der Waals surface area contributed by atoms with Crippen molar-refractivity contribution in [2.24, 2.45) is 0 Å². The Kier molecular flexibility index (Phi) is 12.8. The number of hydrogen-bond donors (Lipinski definition) is 1. The van der Waals surface area contributed by atoms with Gasteiger partial charge in [0.25, 0.3) is 0 Å². The molecule has 3 rings (SSSR count). The zero-order chi connectivity index (χ0) is 29.0. The first kappa shape index (κ1) is 32.0. The lowest BCUT2D eigenvalue weighted by Crippen LogP contribution is -2.58. The van der Waals surface area contributed by atoms with Gasteiger partial charge in [0, 0.05) is 18.9 Å². The molecule has 1 aliphatic heterocycles. The van der Waals surface area contributed by atoms with E-state index < -0.39 is 34.7 Å². The molecule has 2 aromatic rings. The lowest BCUT2D eigenvalue weighted by Gasteiger charge is -2.44. The number of aliphatic hydroxyl groups excluding tert-OH is 1. The topological polar surface area (TPSA) is 101 Å². The minimum Gasteiger partial charge on any atom is -0.457 e. The normalized spacial score (nSPS) is 19.8. The van der Waals surface area contributed by atoms with Crippen molar-refractivity contribution in [3.05, 3.63) is 65.7 Å². The van der Waals surface area contributed by atoms with Crippen molar-refractivity contribution < 1.29 is 27.9 Å². The number of piperidine rings is 1. The third-order valence-corrected chi connectivity index (χ3v) is 9.83. The molecule has 2 aromatic carbocycles. The standard InChI is InChI=1S/C32H45NO6S/c1-3-28(35)17-13-8-6-4-5-7-12-16-27-20-23-31(39-32(36)26-14-10-9-11-15-26)30(24-34)33(27)40(37,38)29-21-18-25(2)19-22-29/h9-11,14-15,18-19,21-22,27,30-31,34H,3-8,12-13,16-17,20,23-24H2,1-2H3/t27-,30+,31-/m1/s1. The van der Waals surface area contributed by atoms with Crippen LogP contribution in [0.25, 0.3) is 0 Å². The average Bonchev–Trinajstić information content (AvgIpc) is 2.96. The van der Waals surface area contributed by atoms with Gasteiger partial charge in [0.2, 0.25) is 10.0 Å². The molecule has 0 radical (unpaired) electrons. The highest BCUT2D eigenvalue weighted by atomic mass is 32.2. The molecule has 0 saturated carbocycles. The predicted molar refractivity (Wildman–Crippen MR) is 157 cm³/mol. The van der Waals surface area contributed by atoms with Crippen LogP contribution in [0.15, 0.2) is 59.5 Å². The van der Waals surface area contributed by atoms with Crippen LogP contribution in [0.5, 0.6) is 0 Å². The number of aryl methyl sites for hydroxylation is 1. The van der Waals surface area contributed by atoms with E-state index in [9.17, 15) is 23.1 Å². The molecular formula is C32H45NO6S. The van der Waals surface area contributed by atoms with E-state index in [1.54, 1.807) is 48.5 Å². The molecular weight excluding hydrogens is 526 g/mol. The zero-order valence-electron chi connectivity index (χ0n) is 24.0. The van der Waals surface area contributed by atoms with Gasteiger partial charge in [-0.05, 0) is 56.9 Å². The Bertz CT molecular complexity index is 1170. The number of rotatable bonds is 16.